The van der Waals surface area contributed by atoms with E-state index in [1.165, 1.54) is 22.0 Å². The average molecular weight is 332 g/mol. The fourth-order valence-electron chi connectivity index (χ4n) is 3.19. The molecule has 5 heteroatoms. The monoisotopic (exact) mass is 332 g/mol. The zero-order chi connectivity index (χ0) is 16.3. The lowest BCUT2D eigenvalue weighted by molar-refractivity contribution is -0.140. The first-order valence-corrected chi connectivity index (χ1v) is 9.46. The van der Waals surface area contributed by atoms with Crippen LogP contribution in [0.3, 0.4) is 0 Å². The Balaban J connectivity index is 1.62. The molecule has 1 amide bonds. The van der Waals surface area contributed by atoms with Crippen LogP contribution in [0.15, 0.2) is 24.4 Å². The van der Waals surface area contributed by atoms with Crippen molar-refractivity contribution >= 4 is 28.6 Å². The number of aromatic nitrogens is 1. The summed E-state index contributed by atoms with van der Waals surface area (Å²) in [4.78, 5) is 15.6. The van der Waals surface area contributed by atoms with Gasteiger partial charge in [0.1, 0.15) is 5.60 Å². The van der Waals surface area contributed by atoms with Gasteiger partial charge in [-0.15, -0.1) is 0 Å². The number of aliphatic hydroxyl groups is 1. The lowest BCUT2D eigenvalue weighted by Gasteiger charge is -2.30. The minimum atomic E-state index is -1.17. The molecule has 0 unspecified atom stereocenters. The first-order chi connectivity index (χ1) is 11.1. The SMILES string of the molecule is CCc1cccc2c(CCNC(=O)C3(O)CCSCC3)c[nH]c12. The van der Waals surface area contributed by atoms with Gasteiger partial charge in [-0.05, 0) is 48.3 Å². The summed E-state index contributed by atoms with van der Waals surface area (Å²) in [5.41, 5.74) is 2.55. The molecule has 0 atom stereocenters. The van der Waals surface area contributed by atoms with Crippen molar-refractivity contribution < 1.29 is 9.90 Å². The van der Waals surface area contributed by atoms with Crippen molar-refractivity contribution in [3.8, 4) is 0 Å². The van der Waals surface area contributed by atoms with Crippen molar-refractivity contribution in [1.82, 2.24) is 10.3 Å². The number of nitrogens with one attached hydrogen (secondary N) is 2. The number of carbonyl (C=O) groups is 1. The smallest absolute Gasteiger partial charge is 0.252 e. The minimum absolute atomic E-state index is 0.216. The number of thioether (sulfide) groups is 1. The number of fused-ring (bicyclic) bond motifs is 1. The van der Waals surface area contributed by atoms with E-state index < -0.39 is 5.60 Å². The number of para-hydroxylation sites is 1. The highest BCUT2D eigenvalue weighted by Crippen LogP contribution is 2.27. The minimum Gasteiger partial charge on any atom is -0.380 e. The Hall–Kier alpha value is -1.46. The van der Waals surface area contributed by atoms with Crippen LogP contribution in [0.4, 0.5) is 0 Å². The van der Waals surface area contributed by atoms with Gasteiger partial charge in [-0.3, -0.25) is 4.79 Å². The van der Waals surface area contributed by atoms with E-state index in [1.54, 1.807) is 11.8 Å². The Morgan fingerprint density at radius 3 is 2.87 bits per heavy atom. The Bertz CT molecular complexity index is 689. The standard InChI is InChI=1S/C18H24N2O2S/c1-2-13-4-3-5-15-14(12-20-16(13)15)6-9-19-17(21)18(22)7-10-23-11-8-18/h3-5,12,20,22H,2,6-11H2,1H3,(H,19,21). The van der Waals surface area contributed by atoms with Gasteiger partial charge in [0.2, 0.25) is 0 Å². The Morgan fingerprint density at radius 2 is 2.13 bits per heavy atom. The Labute approximate surface area is 141 Å². The molecule has 1 aliphatic heterocycles. The molecule has 1 saturated heterocycles. The zero-order valence-electron chi connectivity index (χ0n) is 13.5. The molecule has 0 aliphatic carbocycles. The molecule has 23 heavy (non-hydrogen) atoms. The first-order valence-electron chi connectivity index (χ1n) is 8.30. The fraction of sp³-hybridized carbons (Fsp3) is 0.500. The molecule has 0 radical (unpaired) electrons. The quantitative estimate of drug-likeness (QED) is 0.789. The van der Waals surface area contributed by atoms with Crippen molar-refractivity contribution in [3.05, 3.63) is 35.5 Å². The largest absolute Gasteiger partial charge is 0.380 e. The lowest BCUT2D eigenvalue weighted by atomic mass is 9.95. The summed E-state index contributed by atoms with van der Waals surface area (Å²) in [7, 11) is 0. The maximum absolute atomic E-state index is 12.2. The molecule has 1 aliphatic rings. The topological polar surface area (TPSA) is 65.1 Å². The second-order valence-corrected chi connectivity index (χ2v) is 7.38. The fourth-order valence-corrected chi connectivity index (χ4v) is 4.36. The van der Waals surface area contributed by atoms with Crippen LogP contribution >= 0.6 is 11.8 Å². The number of carbonyl (C=O) groups excluding carboxylic acids is 1. The van der Waals surface area contributed by atoms with Crippen molar-refractivity contribution in [2.45, 2.75) is 38.2 Å². The summed E-state index contributed by atoms with van der Waals surface area (Å²) in [6.45, 7) is 2.70. The molecule has 3 rings (SSSR count). The van der Waals surface area contributed by atoms with Crippen LogP contribution in [0.1, 0.15) is 30.9 Å². The number of amides is 1. The van der Waals surface area contributed by atoms with Crippen molar-refractivity contribution in [2.75, 3.05) is 18.1 Å². The van der Waals surface area contributed by atoms with Crippen molar-refractivity contribution in [1.29, 1.82) is 0 Å². The molecule has 124 valence electrons. The number of H-pyrrole nitrogens is 1. The van der Waals surface area contributed by atoms with Crippen LogP contribution in [-0.2, 0) is 17.6 Å². The summed E-state index contributed by atoms with van der Waals surface area (Å²) in [5.74, 6) is 1.49. The van der Waals surface area contributed by atoms with E-state index in [2.05, 4.69) is 35.4 Å². The van der Waals surface area contributed by atoms with Crippen LogP contribution < -0.4 is 5.32 Å². The van der Waals surface area contributed by atoms with Crippen LogP contribution in [0.25, 0.3) is 10.9 Å². The van der Waals surface area contributed by atoms with Gasteiger partial charge in [0.15, 0.2) is 0 Å². The molecule has 1 fully saturated rings. The summed E-state index contributed by atoms with van der Waals surface area (Å²) < 4.78 is 0. The summed E-state index contributed by atoms with van der Waals surface area (Å²) >= 11 is 1.80. The summed E-state index contributed by atoms with van der Waals surface area (Å²) in [6, 6.07) is 6.34. The molecular weight excluding hydrogens is 308 g/mol. The third-order valence-electron chi connectivity index (χ3n) is 4.69. The molecular formula is C18H24N2O2S. The average Bonchev–Trinajstić information content (AvgIpc) is 2.98. The van der Waals surface area contributed by atoms with E-state index in [9.17, 15) is 9.90 Å². The Morgan fingerprint density at radius 1 is 1.35 bits per heavy atom. The molecule has 2 heterocycles. The highest BCUT2D eigenvalue weighted by atomic mass is 32.2. The van der Waals surface area contributed by atoms with Crippen molar-refractivity contribution in [2.24, 2.45) is 0 Å². The van der Waals surface area contributed by atoms with Gasteiger partial charge in [-0.1, -0.05) is 25.1 Å². The summed E-state index contributed by atoms with van der Waals surface area (Å²) in [5, 5.41) is 14.5. The van der Waals surface area contributed by atoms with E-state index in [-0.39, 0.29) is 5.91 Å². The second kappa shape index (κ2) is 6.97. The van der Waals surface area contributed by atoms with E-state index in [1.807, 2.05) is 6.20 Å². The van der Waals surface area contributed by atoms with Crippen LogP contribution in [0.5, 0.6) is 0 Å². The molecule has 1 aromatic heterocycles. The number of benzene rings is 1. The molecule has 0 saturated carbocycles. The van der Waals surface area contributed by atoms with E-state index in [4.69, 9.17) is 0 Å². The van der Waals surface area contributed by atoms with E-state index in [0.29, 0.717) is 19.4 Å². The van der Waals surface area contributed by atoms with E-state index >= 15 is 0 Å². The van der Waals surface area contributed by atoms with Crippen molar-refractivity contribution in [3.63, 3.8) is 0 Å². The van der Waals surface area contributed by atoms with Gasteiger partial charge >= 0.3 is 0 Å². The zero-order valence-corrected chi connectivity index (χ0v) is 14.3. The van der Waals surface area contributed by atoms with Crippen LogP contribution in [0, 0.1) is 0 Å². The van der Waals surface area contributed by atoms with Crippen LogP contribution in [-0.4, -0.2) is 39.6 Å². The van der Waals surface area contributed by atoms with E-state index in [0.717, 1.165) is 24.3 Å². The molecule has 0 bridgehead atoms. The molecule has 4 nitrogen and oxygen atoms in total. The van der Waals surface area contributed by atoms with Gasteiger partial charge in [-0.25, -0.2) is 0 Å². The predicted molar refractivity (Wildman–Crippen MR) is 95.9 cm³/mol. The van der Waals surface area contributed by atoms with Gasteiger partial charge in [0, 0.05) is 23.6 Å². The number of aromatic amines is 1. The number of hydrogen-bond acceptors (Lipinski definition) is 3. The highest BCUT2D eigenvalue weighted by Gasteiger charge is 2.36. The van der Waals surface area contributed by atoms with Gasteiger partial charge in [0.05, 0.1) is 0 Å². The molecule has 1 aromatic carbocycles. The third kappa shape index (κ3) is 3.40. The molecule has 0 spiro atoms. The summed E-state index contributed by atoms with van der Waals surface area (Å²) in [6.07, 6.45) is 4.90. The van der Waals surface area contributed by atoms with Gasteiger partial charge < -0.3 is 15.4 Å². The van der Waals surface area contributed by atoms with Crippen LogP contribution in [0.2, 0.25) is 0 Å². The molecule has 2 aromatic rings. The first kappa shape index (κ1) is 16.4. The number of rotatable bonds is 5. The Kier molecular flexibility index (Phi) is 4.97. The highest BCUT2D eigenvalue weighted by molar-refractivity contribution is 7.99. The predicted octanol–water partition coefficient (Wildman–Crippen LogP) is 2.65. The number of aryl methyl sites for hydroxylation is 1. The second-order valence-electron chi connectivity index (χ2n) is 6.16. The van der Waals surface area contributed by atoms with Gasteiger partial charge in [0.25, 0.3) is 5.91 Å². The normalized spacial score (nSPS) is 17.3. The third-order valence-corrected chi connectivity index (χ3v) is 5.68. The maximum atomic E-state index is 12.2. The number of hydrogen-bond donors (Lipinski definition) is 3. The van der Waals surface area contributed by atoms with Gasteiger partial charge in [-0.2, -0.15) is 11.8 Å². The maximum Gasteiger partial charge on any atom is 0.252 e. The lowest BCUT2D eigenvalue weighted by Crippen LogP contribution is -2.49. The molecule has 3 N–H and O–H groups in total.